The molecule has 78 heavy (non-hydrogen) atoms. The van der Waals surface area contributed by atoms with E-state index in [4.69, 9.17) is 10.2 Å². The van der Waals surface area contributed by atoms with Crippen LogP contribution in [-0.4, -0.2) is 76.0 Å². The third kappa shape index (κ3) is 39.9. The van der Waals surface area contributed by atoms with Crippen LogP contribution in [0.2, 0.25) is 0 Å². The van der Waals surface area contributed by atoms with Crippen LogP contribution in [0.25, 0.3) is 0 Å². The van der Waals surface area contributed by atoms with Gasteiger partial charge in [0.1, 0.15) is 11.1 Å². The molecule has 2 aromatic rings. The summed E-state index contributed by atoms with van der Waals surface area (Å²) in [6.07, 6.45) is 72.3. The Morgan fingerprint density at radius 1 is 0.308 bits per heavy atom. The fourth-order valence-corrected chi connectivity index (χ4v) is 24.9. The number of benzene rings is 2. The van der Waals surface area contributed by atoms with E-state index in [0.717, 1.165) is 0 Å². The second kappa shape index (κ2) is 54.8. The van der Waals surface area contributed by atoms with Gasteiger partial charge in [-0.25, -0.2) is 9.59 Å². The van der Waals surface area contributed by atoms with E-state index < -0.39 is 37.6 Å². The predicted molar refractivity (Wildman–Crippen MR) is 357 cm³/mol. The SMILES string of the molecule is CCCCCCCCCCCCCCCC[PH](CCCC)(CCCC)CCCC.CCCCCCCCCCCCCCCC[PH](CCCC)(CCCC)CCCC.O=C(O)c1ccccc1[S+]([O-])c1ccccc1C(=O)O. The number of unbranched alkanes of at least 4 members (excludes halogenated alkanes) is 32. The molecule has 0 heterocycles. The Kier molecular flexibility index (Phi) is 53.8. The predicted octanol–water partition coefficient (Wildman–Crippen LogP) is 23.5. The average molecular weight is 1150 g/mol. The van der Waals surface area contributed by atoms with Crippen LogP contribution >= 0.6 is 14.5 Å². The Hall–Kier alpha value is -1.45. The van der Waals surface area contributed by atoms with Crippen molar-refractivity contribution in [1.82, 2.24) is 0 Å². The van der Waals surface area contributed by atoms with E-state index in [1.165, 1.54) is 280 Å². The zero-order valence-electron chi connectivity index (χ0n) is 53.1. The monoisotopic (exact) mass is 1150 g/mol. The van der Waals surface area contributed by atoms with Crippen LogP contribution in [0.3, 0.4) is 0 Å². The van der Waals surface area contributed by atoms with Crippen LogP contribution in [0.5, 0.6) is 0 Å². The molecule has 0 atom stereocenters. The van der Waals surface area contributed by atoms with Gasteiger partial charge in [-0.1, -0.05) is 76.6 Å². The number of carboxylic acid groups (broad SMARTS) is 2. The van der Waals surface area contributed by atoms with E-state index in [0.29, 0.717) is 0 Å². The van der Waals surface area contributed by atoms with E-state index in [1.54, 1.807) is 74.3 Å². The molecule has 0 aliphatic rings. The Bertz CT molecular complexity index is 1470. The molecular formula is C70H132O5P2S. The Balaban J connectivity index is 0.00000116. The molecule has 8 heteroatoms. The van der Waals surface area contributed by atoms with Gasteiger partial charge in [0, 0.05) is 11.2 Å². The van der Waals surface area contributed by atoms with Crippen LogP contribution in [0.15, 0.2) is 58.3 Å². The molecule has 0 saturated heterocycles. The summed E-state index contributed by atoms with van der Waals surface area (Å²) in [5.41, 5.74) is -0.211. The normalized spacial score (nSPS) is 12.0. The summed E-state index contributed by atoms with van der Waals surface area (Å²) in [7, 11) is -1.92. The van der Waals surface area contributed by atoms with Crippen molar-refractivity contribution in [2.75, 3.05) is 49.3 Å². The first-order valence-electron chi connectivity index (χ1n) is 34.1. The standard InChI is InChI=1S/2C28H61P.C14H10O5S/c2*1-5-9-13-14-15-16-17-18-19-20-21-22-23-24-28-29(25-10-6-2,26-11-7-3)27-12-8-4;15-13(16)9-5-1-3-7-11(9)20(19)12-8-4-2-6-10(12)14(17)18/h2*29H,5-28H2,1-4H3;1-8H,(H,15,16)(H,17,18). The molecule has 0 fully saturated rings. The smallest absolute Gasteiger partial charge is 0.340 e. The molecular weight excluding hydrogens is 1010 g/mol. The Morgan fingerprint density at radius 2 is 0.487 bits per heavy atom. The van der Waals surface area contributed by atoms with Gasteiger partial charge in [-0.2, -0.15) is 0 Å². The van der Waals surface area contributed by atoms with Crippen molar-refractivity contribution in [3.8, 4) is 0 Å². The number of carbonyl (C=O) groups is 2. The topological polar surface area (TPSA) is 97.7 Å². The van der Waals surface area contributed by atoms with Gasteiger partial charge in [0.05, 0.1) is 0 Å². The maximum absolute atomic E-state index is 12.5. The van der Waals surface area contributed by atoms with E-state index in [1.807, 2.05) is 0 Å². The van der Waals surface area contributed by atoms with Crippen LogP contribution in [-0.2, 0) is 11.2 Å². The zero-order valence-corrected chi connectivity index (χ0v) is 55.9. The van der Waals surface area contributed by atoms with Crippen molar-refractivity contribution in [3.63, 3.8) is 0 Å². The van der Waals surface area contributed by atoms with Gasteiger partial charge in [0.2, 0.25) is 0 Å². The van der Waals surface area contributed by atoms with Gasteiger partial charge in [-0.05, 0) is 24.3 Å². The molecule has 0 amide bonds. The van der Waals surface area contributed by atoms with Crippen molar-refractivity contribution in [3.05, 3.63) is 59.7 Å². The minimum absolute atomic E-state index is 0.0775. The average Bonchev–Trinajstić information content (AvgIpc) is 3.46. The van der Waals surface area contributed by atoms with Crippen molar-refractivity contribution in [2.45, 2.75) is 322 Å². The summed E-state index contributed by atoms with van der Waals surface area (Å²) < 4.78 is 12.5. The van der Waals surface area contributed by atoms with Crippen LogP contribution in [0.4, 0.5) is 0 Å². The zero-order chi connectivity index (χ0) is 57.6. The first-order chi connectivity index (χ1) is 38.0. The molecule has 458 valence electrons. The molecule has 0 saturated carbocycles. The van der Waals surface area contributed by atoms with Crippen molar-refractivity contribution in [1.29, 1.82) is 0 Å². The largest absolute Gasteiger partial charge is 0.606 e. The summed E-state index contributed by atoms with van der Waals surface area (Å²) in [4.78, 5) is 22.4. The number of carboxylic acids is 2. The molecule has 0 aromatic heterocycles. The molecule has 0 unspecified atom stereocenters. The molecule has 2 aromatic carbocycles. The van der Waals surface area contributed by atoms with Gasteiger partial charge in [-0.15, -0.1) is 0 Å². The van der Waals surface area contributed by atoms with E-state index in [-0.39, 0.29) is 20.9 Å². The van der Waals surface area contributed by atoms with E-state index >= 15 is 0 Å². The van der Waals surface area contributed by atoms with Gasteiger partial charge in [-0.3, -0.25) is 0 Å². The van der Waals surface area contributed by atoms with Gasteiger partial charge in [0.25, 0.3) is 0 Å². The molecule has 2 N–H and O–H groups in total. The van der Waals surface area contributed by atoms with Crippen molar-refractivity contribution >= 4 is 37.6 Å². The fraction of sp³-hybridized carbons (Fsp3) is 0.800. The van der Waals surface area contributed by atoms with E-state index in [2.05, 4.69) is 55.4 Å². The molecule has 2 rings (SSSR count). The molecule has 0 aliphatic carbocycles. The third-order valence-electron chi connectivity index (χ3n) is 17.1. The fourth-order valence-electron chi connectivity index (χ4n) is 11.9. The summed E-state index contributed by atoms with van der Waals surface area (Å²) in [6.45, 7) is 19.0. The first-order valence-corrected chi connectivity index (χ1v) is 40.9. The molecule has 0 bridgehead atoms. The maximum atomic E-state index is 12.5. The summed E-state index contributed by atoms with van der Waals surface area (Å²) in [5, 5.41) is 18.2. The number of aromatic carboxylic acids is 2. The molecule has 5 nitrogen and oxygen atoms in total. The number of hydrogen-bond acceptors (Lipinski definition) is 3. The quantitative estimate of drug-likeness (QED) is 0.0391. The van der Waals surface area contributed by atoms with E-state index in [9.17, 15) is 14.1 Å². The van der Waals surface area contributed by atoms with Crippen molar-refractivity contribution < 1.29 is 24.4 Å². The molecule has 0 spiro atoms. The maximum Gasteiger partial charge on any atom is 0.340 e. The van der Waals surface area contributed by atoms with Crippen molar-refractivity contribution in [2.24, 2.45) is 0 Å². The number of rotatable bonds is 52. The van der Waals surface area contributed by atoms with Gasteiger partial charge in [0.15, 0.2) is 9.79 Å². The Morgan fingerprint density at radius 3 is 0.692 bits per heavy atom. The van der Waals surface area contributed by atoms with Crippen LogP contribution in [0.1, 0.15) is 333 Å². The summed E-state index contributed by atoms with van der Waals surface area (Å²) >= 11 is -1.87. The number of hydrogen-bond donors (Lipinski definition) is 2. The van der Waals surface area contributed by atoms with Gasteiger partial charge >= 0.3 is 336 Å². The summed E-state index contributed by atoms with van der Waals surface area (Å²) in [6, 6.07) is 11.7. The Labute approximate surface area is 490 Å². The van der Waals surface area contributed by atoms with Crippen LogP contribution in [0, 0.1) is 0 Å². The van der Waals surface area contributed by atoms with Crippen LogP contribution < -0.4 is 0 Å². The second-order valence-electron chi connectivity index (χ2n) is 24.2. The third-order valence-corrected chi connectivity index (χ3v) is 29.9. The first kappa shape index (κ1) is 76.5. The minimum atomic E-state index is -1.87. The molecule has 0 aliphatic heterocycles. The minimum Gasteiger partial charge on any atom is -0.606 e. The second-order valence-corrected chi connectivity index (χ2v) is 35.6. The van der Waals surface area contributed by atoms with Gasteiger partial charge < -0.3 is 14.8 Å². The molecule has 0 radical (unpaired) electrons. The summed E-state index contributed by atoms with van der Waals surface area (Å²) in [5.74, 6) is -2.41.